The molecule has 0 aliphatic carbocycles. The highest BCUT2D eigenvalue weighted by atomic mass is 16.5. The van der Waals surface area contributed by atoms with Crippen LogP contribution in [0.5, 0.6) is 5.75 Å². The molecule has 0 saturated carbocycles. The summed E-state index contributed by atoms with van der Waals surface area (Å²) in [5.74, 6) is 2.70. The number of aryl methyl sites for hydroxylation is 1. The number of aliphatic hydroxyl groups is 1. The largest absolute Gasteiger partial charge is 0.497 e. The van der Waals surface area contributed by atoms with Crippen LogP contribution in [0.15, 0.2) is 24.3 Å². The van der Waals surface area contributed by atoms with Crippen molar-refractivity contribution in [3.63, 3.8) is 0 Å². The minimum absolute atomic E-state index is 0.0563. The van der Waals surface area contributed by atoms with E-state index in [0.717, 1.165) is 36.8 Å². The van der Waals surface area contributed by atoms with E-state index in [-0.39, 0.29) is 12.6 Å². The van der Waals surface area contributed by atoms with Crippen molar-refractivity contribution in [1.82, 2.24) is 9.97 Å². The van der Waals surface area contributed by atoms with Crippen LogP contribution in [0.3, 0.4) is 0 Å². The molecule has 0 unspecified atom stereocenters. The Morgan fingerprint density at radius 1 is 1.23 bits per heavy atom. The highest BCUT2D eigenvalue weighted by Crippen LogP contribution is 2.27. The number of ether oxygens (including phenoxy) is 1. The van der Waals surface area contributed by atoms with Gasteiger partial charge >= 0.3 is 0 Å². The van der Waals surface area contributed by atoms with Crippen molar-refractivity contribution in [1.29, 1.82) is 0 Å². The van der Waals surface area contributed by atoms with Crippen molar-refractivity contribution in [3.8, 4) is 5.75 Å². The number of hydrogen-bond acceptors (Lipinski definition) is 6. The quantitative estimate of drug-likeness (QED) is 0.829. The lowest BCUT2D eigenvalue weighted by molar-refractivity contribution is 0.248. The third-order valence-corrected chi connectivity index (χ3v) is 4.91. The van der Waals surface area contributed by atoms with Crippen LogP contribution in [0.4, 0.5) is 11.8 Å². The van der Waals surface area contributed by atoms with E-state index in [4.69, 9.17) is 9.72 Å². The Morgan fingerprint density at radius 2 is 2.04 bits per heavy atom. The first-order valence-corrected chi connectivity index (χ1v) is 9.14. The molecule has 6 heteroatoms. The Kier molecular flexibility index (Phi) is 5.61. The minimum Gasteiger partial charge on any atom is -0.497 e. The normalized spacial score (nSPS) is 14.9. The molecule has 6 nitrogen and oxygen atoms in total. The first kappa shape index (κ1) is 18.5. The fraction of sp³-hybridized carbons (Fsp3) is 0.500. The lowest BCUT2D eigenvalue weighted by Gasteiger charge is -2.30. The van der Waals surface area contributed by atoms with Crippen LogP contribution in [-0.2, 0) is 13.0 Å². The van der Waals surface area contributed by atoms with E-state index >= 15 is 0 Å². The SMILES string of the molecule is COc1ccc2c(c1)CCN(c1cc(C)nc(N[C@@H](CO)C(C)C)n1)C2. The summed E-state index contributed by atoms with van der Waals surface area (Å²) in [6.45, 7) is 7.90. The zero-order valence-corrected chi connectivity index (χ0v) is 16.0. The van der Waals surface area contributed by atoms with Crippen LogP contribution in [0.1, 0.15) is 30.7 Å². The van der Waals surface area contributed by atoms with E-state index in [9.17, 15) is 5.11 Å². The molecule has 1 aliphatic rings. The Bertz CT molecular complexity index is 763. The summed E-state index contributed by atoms with van der Waals surface area (Å²) < 4.78 is 5.33. The smallest absolute Gasteiger partial charge is 0.225 e. The monoisotopic (exact) mass is 356 g/mol. The first-order valence-electron chi connectivity index (χ1n) is 9.14. The van der Waals surface area contributed by atoms with Crippen LogP contribution in [-0.4, -0.2) is 41.4 Å². The van der Waals surface area contributed by atoms with Gasteiger partial charge in [0.1, 0.15) is 11.6 Å². The van der Waals surface area contributed by atoms with Gasteiger partial charge in [0.15, 0.2) is 0 Å². The maximum absolute atomic E-state index is 9.56. The number of methoxy groups -OCH3 is 1. The molecular formula is C20H28N4O2. The number of benzene rings is 1. The Morgan fingerprint density at radius 3 is 2.73 bits per heavy atom. The standard InChI is InChI=1S/C20H28N4O2/c1-13(2)18(12-25)22-20-21-14(3)9-19(23-20)24-8-7-15-10-17(26-4)6-5-16(15)11-24/h5-6,9-10,13,18,25H,7-8,11-12H2,1-4H3,(H,21,22,23)/t18-/m0/s1. The molecule has 26 heavy (non-hydrogen) atoms. The predicted octanol–water partition coefficient (Wildman–Crippen LogP) is 2.79. The van der Waals surface area contributed by atoms with E-state index in [1.807, 2.05) is 19.1 Å². The topological polar surface area (TPSA) is 70.5 Å². The van der Waals surface area contributed by atoms with E-state index in [1.54, 1.807) is 7.11 Å². The van der Waals surface area contributed by atoms with Crippen LogP contribution in [0, 0.1) is 12.8 Å². The molecule has 0 fully saturated rings. The zero-order chi connectivity index (χ0) is 18.7. The molecule has 1 aromatic carbocycles. The lowest BCUT2D eigenvalue weighted by Crippen LogP contribution is -2.33. The second kappa shape index (κ2) is 7.91. The second-order valence-electron chi connectivity index (χ2n) is 7.17. The molecule has 2 aromatic rings. The molecule has 0 bridgehead atoms. The molecule has 1 aromatic heterocycles. The van der Waals surface area contributed by atoms with Gasteiger partial charge < -0.3 is 20.1 Å². The summed E-state index contributed by atoms with van der Waals surface area (Å²) in [5, 5.41) is 12.8. The van der Waals surface area contributed by atoms with Crippen molar-refractivity contribution < 1.29 is 9.84 Å². The molecule has 0 saturated heterocycles. The summed E-state index contributed by atoms with van der Waals surface area (Å²) in [5.41, 5.74) is 3.56. The lowest BCUT2D eigenvalue weighted by atomic mass is 9.99. The van der Waals surface area contributed by atoms with Crippen molar-refractivity contribution in [2.45, 2.75) is 39.8 Å². The molecule has 0 amide bonds. The van der Waals surface area contributed by atoms with Gasteiger partial charge in [-0.3, -0.25) is 0 Å². The van der Waals surface area contributed by atoms with E-state index in [2.05, 4.69) is 41.2 Å². The number of aliphatic hydroxyl groups excluding tert-OH is 1. The maximum Gasteiger partial charge on any atom is 0.225 e. The number of hydrogen-bond donors (Lipinski definition) is 2. The summed E-state index contributed by atoms with van der Waals surface area (Å²) in [7, 11) is 1.70. The van der Waals surface area contributed by atoms with Gasteiger partial charge in [-0.15, -0.1) is 0 Å². The van der Waals surface area contributed by atoms with Gasteiger partial charge in [-0.2, -0.15) is 4.98 Å². The molecule has 0 radical (unpaired) electrons. The van der Waals surface area contributed by atoms with E-state index in [0.29, 0.717) is 11.9 Å². The number of nitrogens with one attached hydrogen (secondary N) is 1. The first-order chi connectivity index (χ1) is 12.5. The summed E-state index contributed by atoms with van der Waals surface area (Å²) >= 11 is 0. The fourth-order valence-electron chi connectivity index (χ4n) is 3.22. The van der Waals surface area contributed by atoms with Gasteiger partial charge in [-0.1, -0.05) is 19.9 Å². The molecule has 1 aliphatic heterocycles. The van der Waals surface area contributed by atoms with Crippen molar-refractivity contribution in [2.24, 2.45) is 5.92 Å². The minimum atomic E-state index is -0.0563. The molecule has 2 heterocycles. The molecule has 1 atom stereocenters. The van der Waals surface area contributed by atoms with Gasteiger partial charge in [0.25, 0.3) is 0 Å². The van der Waals surface area contributed by atoms with Crippen molar-refractivity contribution in [2.75, 3.05) is 30.5 Å². The van der Waals surface area contributed by atoms with Crippen molar-refractivity contribution >= 4 is 11.8 Å². The maximum atomic E-state index is 9.56. The van der Waals surface area contributed by atoms with Crippen LogP contribution < -0.4 is 15.0 Å². The highest BCUT2D eigenvalue weighted by Gasteiger charge is 2.20. The zero-order valence-electron chi connectivity index (χ0n) is 16.0. The highest BCUT2D eigenvalue weighted by molar-refractivity contribution is 5.49. The predicted molar refractivity (Wildman–Crippen MR) is 104 cm³/mol. The van der Waals surface area contributed by atoms with E-state index < -0.39 is 0 Å². The van der Waals surface area contributed by atoms with Crippen LogP contribution in [0.2, 0.25) is 0 Å². The number of anilines is 2. The summed E-state index contributed by atoms with van der Waals surface area (Å²) in [6.07, 6.45) is 0.962. The molecule has 0 spiro atoms. The van der Waals surface area contributed by atoms with E-state index in [1.165, 1.54) is 11.1 Å². The van der Waals surface area contributed by atoms with Gasteiger partial charge in [-0.05, 0) is 42.5 Å². The molecule has 2 N–H and O–H groups in total. The van der Waals surface area contributed by atoms with Crippen LogP contribution >= 0.6 is 0 Å². The molecule has 3 rings (SSSR count). The average molecular weight is 356 g/mol. The summed E-state index contributed by atoms with van der Waals surface area (Å²) in [6, 6.07) is 8.23. The van der Waals surface area contributed by atoms with Gasteiger partial charge in [-0.25, -0.2) is 4.98 Å². The van der Waals surface area contributed by atoms with Gasteiger partial charge in [0.2, 0.25) is 5.95 Å². The fourth-order valence-corrected chi connectivity index (χ4v) is 3.22. The Hall–Kier alpha value is -2.34. The van der Waals surface area contributed by atoms with Crippen molar-refractivity contribution in [3.05, 3.63) is 41.1 Å². The number of rotatable bonds is 6. The van der Waals surface area contributed by atoms with Gasteiger partial charge in [0.05, 0.1) is 19.8 Å². The molecule has 140 valence electrons. The number of fused-ring (bicyclic) bond motifs is 1. The number of nitrogens with zero attached hydrogens (tertiary/aromatic N) is 3. The summed E-state index contributed by atoms with van der Waals surface area (Å²) in [4.78, 5) is 11.5. The third-order valence-electron chi connectivity index (χ3n) is 4.91. The molecular weight excluding hydrogens is 328 g/mol. The second-order valence-corrected chi connectivity index (χ2v) is 7.17. The van der Waals surface area contributed by atoms with Gasteiger partial charge in [0, 0.05) is 24.8 Å². The average Bonchev–Trinajstić information content (AvgIpc) is 2.64. The third kappa shape index (κ3) is 4.07. The Labute approximate surface area is 155 Å². The number of aromatic nitrogens is 2. The Balaban J connectivity index is 1.81. The van der Waals surface area contributed by atoms with Crippen LogP contribution in [0.25, 0.3) is 0 Å².